The molecule has 0 N–H and O–H groups in total. The second-order valence-corrected chi connectivity index (χ2v) is 3.17. The molecular weight excluding hydrogens is 148 g/mol. The minimum Gasteiger partial charge on any atom is -0.266 e. The van der Waals surface area contributed by atoms with Gasteiger partial charge >= 0.3 is 0 Å². The van der Waals surface area contributed by atoms with Crippen LogP contribution in [-0.2, 0) is 6.54 Å². The molecule has 0 spiro atoms. The Balaban J connectivity index is 3.05. The summed E-state index contributed by atoms with van der Waals surface area (Å²) in [7, 11) is 0. The van der Waals surface area contributed by atoms with Crippen molar-refractivity contribution in [3.63, 3.8) is 0 Å². The Morgan fingerprint density at radius 1 is 1.67 bits per heavy atom. The molecule has 2 heteroatoms. The van der Waals surface area contributed by atoms with Gasteiger partial charge in [-0.15, -0.1) is 0 Å². The minimum absolute atomic E-state index is 0.497. The van der Waals surface area contributed by atoms with Gasteiger partial charge in [-0.25, -0.2) is 0 Å². The number of aryl methyl sites for hydroxylation is 1. The SMILES string of the molecule is C=Cc1cc(C(C)C)nn1CC. The van der Waals surface area contributed by atoms with E-state index in [1.165, 1.54) is 0 Å². The Morgan fingerprint density at radius 2 is 2.33 bits per heavy atom. The lowest BCUT2D eigenvalue weighted by atomic mass is 10.1. The predicted molar refractivity (Wildman–Crippen MR) is 52.1 cm³/mol. The van der Waals surface area contributed by atoms with Gasteiger partial charge in [0, 0.05) is 6.54 Å². The zero-order valence-electron chi connectivity index (χ0n) is 8.04. The molecule has 1 aromatic rings. The van der Waals surface area contributed by atoms with E-state index in [1.807, 2.05) is 10.8 Å². The zero-order valence-corrected chi connectivity index (χ0v) is 8.04. The molecular formula is C10H16N2. The smallest absolute Gasteiger partial charge is 0.0656 e. The third-order valence-electron chi connectivity index (χ3n) is 1.93. The molecule has 1 aromatic heterocycles. The van der Waals surface area contributed by atoms with Crippen molar-refractivity contribution in [3.8, 4) is 0 Å². The average Bonchev–Trinajstić information content (AvgIpc) is 2.46. The van der Waals surface area contributed by atoms with E-state index in [-0.39, 0.29) is 0 Å². The fourth-order valence-electron chi connectivity index (χ4n) is 1.15. The van der Waals surface area contributed by atoms with E-state index in [2.05, 4.69) is 38.5 Å². The fraction of sp³-hybridized carbons (Fsp3) is 0.500. The molecule has 12 heavy (non-hydrogen) atoms. The Bertz CT molecular complexity index is 271. The van der Waals surface area contributed by atoms with E-state index < -0.39 is 0 Å². The van der Waals surface area contributed by atoms with Crippen LogP contribution in [0.15, 0.2) is 12.6 Å². The maximum atomic E-state index is 4.44. The first kappa shape index (κ1) is 9.04. The van der Waals surface area contributed by atoms with Crippen LogP contribution in [0, 0.1) is 0 Å². The number of aromatic nitrogens is 2. The zero-order chi connectivity index (χ0) is 9.14. The van der Waals surface area contributed by atoms with Gasteiger partial charge in [0.15, 0.2) is 0 Å². The van der Waals surface area contributed by atoms with Crippen molar-refractivity contribution in [2.24, 2.45) is 0 Å². The quantitative estimate of drug-likeness (QED) is 0.671. The van der Waals surface area contributed by atoms with Gasteiger partial charge in [0.1, 0.15) is 0 Å². The molecule has 1 rings (SSSR count). The van der Waals surface area contributed by atoms with Gasteiger partial charge in [-0.1, -0.05) is 20.4 Å². The summed E-state index contributed by atoms with van der Waals surface area (Å²) in [5, 5.41) is 4.44. The molecule has 0 radical (unpaired) electrons. The average molecular weight is 164 g/mol. The summed E-state index contributed by atoms with van der Waals surface area (Å²) in [6.07, 6.45) is 1.85. The Labute approximate surface area is 73.9 Å². The summed E-state index contributed by atoms with van der Waals surface area (Å²) in [5.74, 6) is 0.497. The van der Waals surface area contributed by atoms with Crippen LogP contribution >= 0.6 is 0 Å². The Hall–Kier alpha value is -1.05. The lowest BCUT2D eigenvalue weighted by molar-refractivity contribution is 0.631. The van der Waals surface area contributed by atoms with Crippen molar-refractivity contribution in [1.82, 2.24) is 9.78 Å². The van der Waals surface area contributed by atoms with E-state index in [4.69, 9.17) is 0 Å². The fourth-order valence-corrected chi connectivity index (χ4v) is 1.15. The van der Waals surface area contributed by atoms with Gasteiger partial charge in [-0.05, 0) is 25.0 Å². The molecule has 0 aromatic carbocycles. The van der Waals surface area contributed by atoms with Gasteiger partial charge in [0.2, 0.25) is 0 Å². The highest BCUT2D eigenvalue weighted by molar-refractivity contribution is 5.42. The summed E-state index contributed by atoms with van der Waals surface area (Å²) in [5.41, 5.74) is 2.26. The van der Waals surface area contributed by atoms with Gasteiger partial charge < -0.3 is 0 Å². The van der Waals surface area contributed by atoms with E-state index in [1.54, 1.807) is 0 Å². The monoisotopic (exact) mass is 164 g/mol. The Kier molecular flexibility index (Phi) is 2.69. The van der Waals surface area contributed by atoms with Crippen molar-refractivity contribution in [2.45, 2.75) is 33.2 Å². The molecule has 0 saturated heterocycles. The van der Waals surface area contributed by atoms with Crippen LogP contribution in [0.2, 0.25) is 0 Å². The highest BCUT2D eigenvalue weighted by Crippen LogP contribution is 2.14. The summed E-state index contributed by atoms with van der Waals surface area (Å²) in [4.78, 5) is 0. The maximum Gasteiger partial charge on any atom is 0.0656 e. The highest BCUT2D eigenvalue weighted by atomic mass is 15.3. The second-order valence-electron chi connectivity index (χ2n) is 3.17. The van der Waals surface area contributed by atoms with Crippen LogP contribution < -0.4 is 0 Å². The molecule has 0 saturated carbocycles. The molecule has 1 heterocycles. The highest BCUT2D eigenvalue weighted by Gasteiger charge is 2.06. The minimum atomic E-state index is 0.497. The van der Waals surface area contributed by atoms with Crippen molar-refractivity contribution >= 4 is 6.08 Å². The molecule has 2 nitrogen and oxygen atoms in total. The van der Waals surface area contributed by atoms with Crippen molar-refractivity contribution in [3.05, 3.63) is 24.0 Å². The molecule has 0 atom stereocenters. The van der Waals surface area contributed by atoms with Crippen molar-refractivity contribution < 1.29 is 0 Å². The van der Waals surface area contributed by atoms with Gasteiger partial charge in [-0.2, -0.15) is 5.10 Å². The van der Waals surface area contributed by atoms with Gasteiger partial charge in [0.25, 0.3) is 0 Å². The predicted octanol–water partition coefficient (Wildman–Crippen LogP) is 2.67. The second kappa shape index (κ2) is 3.57. The van der Waals surface area contributed by atoms with Crippen LogP contribution in [0.1, 0.15) is 38.1 Å². The number of hydrogen-bond donors (Lipinski definition) is 0. The summed E-state index contributed by atoms with van der Waals surface area (Å²) in [6, 6.07) is 2.10. The summed E-state index contributed by atoms with van der Waals surface area (Å²) >= 11 is 0. The van der Waals surface area contributed by atoms with Crippen molar-refractivity contribution in [1.29, 1.82) is 0 Å². The molecule has 0 unspecified atom stereocenters. The molecule has 0 aliphatic carbocycles. The lowest BCUT2D eigenvalue weighted by Gasteiger charge is -1.98. The molecule has 0 aliphatic rings. The number of nitrogens with zero attached hydrogens (tertiary/aromatic N) is 2. The van der Waals surface area contributed by atoms with E-state index in [9.17, 15) is 0 Å². The largest absolute Gasteiger partial charge is 0.266 e. The summed E-state index contributed by atoms with van der Waals surface area (Å²) in [6.45, 7) is 11.0. The van der Waals surface area contributed by atoms with Gasteiger partial charge in [-0.3, -0.25) is 4.68 Å². The molecule has 0 aliphatic heterocycles. The van der Waals surface area contributed by atoms with Crippen molar-refractivity contribution in [2.75, 3.05) is 0 Å². The number of hydrogen-bond acceptors (Lipinski definition) is 1. The third kappa shape index (κ3) is 1.58. The van der Waals surface area contributed by atoms with E-state index >= 15 is 0 Å². The molecule has 0 bridgehead atoms. The summed E-state index contributed by atoms with van der Waals surface area (Å²) < 4.78 is 1.97. The standard InChI is InChI=1S/C10H16N2/c1-5-9-7-10(8(3)4)11-12(9)6-2/h5,7-8H,1,6H2,2-4H3. The van der Waals surface area contributed by atoms with Crippen LogP contribution in [0.3, 0.4) is 0 Å². The van der Waals surface area contributed by atoms with E-state index in [0.717, 1.165) is 17.9 Å². The normalized spacial score (nSPS) is 10.7. The van der Waals surface area contributed by atoms with Crippen LogP contribution in [0.5, 0.6) is 0 Å². The first-order chi connectivity index (χ1) is 5.69. The third-order valence-corrected chi connectivity index (χ3v) is 1.93. The van der Waals surface area contributed by atoms with Gasteiger partial charge in [0.05, 0.1) is 11.4 Å². The first-order valence-corrected chi connectivity index (χ1v) is 4.39. The van der Waals surface area contributed by atoms with Crippen LogP contribution in [0.25, 0.3) is 6.08 Å². The molecule has 0 fully saturated rings. The van der Waals surface area contributed by atoms with E-state index in [0.29, 0.717) is 5.92 Å². The Morgan fingerprint density at radius 3 is 2.67 bits per heavy atom. The van der Waals surface area contributed by atoms with Crippen LogP contribution in [0.4, 0.5) is 0 Å². The molecule has 66 valence electrons. The van der Waals surface area contributed by atoms with Crippen LogP contribution in [-0.4, -0.2) is 9.78 Å². The topological polar surface area (TPSA) is 17.8 Å². The molecule has 0 amide bonds. The maximum absolute atomic E-state index is 4.44. The first-order valence-electron chi connectivity index (χ1n) is 4.39. The lowest BCUT2D eigenvalue weighted by Crippen LogP contribution is -1.99. The number of rotatable bonds is 3.